The Morgan fingerprint density at radius 3 is 2.73 bits per heavy atom. The van der Waals surface area contributed by atoms with Crippen LogP contribution in [0.15, 0.2) is 27.5 Å². The van der Waals surface area contributed by atoms with Crippen LogP contribution in [0.1, 0.15) is 36.0 Å². The lowest BCUT2D eigenvalue weighted by molar-refractivity contribution is -0.131. The van der Waals surface area contributed by atoms with E-state index in [1.54, 1.807) is 20.2 Å². The first kappa shape index (κ1) is 18.4. The number of carbonyl (C=O) groups excluding carboxylic acids is 2. The molecule has 0 spiro atoms. The Morgan fingerprint density at radius 1 is 1.23 bits per heavy atom. The zero-order chi connectivity index (χ0) is 18.9. The Kier molecular flexibility index (Phi) is 4.99. The number of amides is 1. The summed E-state index contributed by atoms with van der Waals surface area (Å²) in [6.07, 6.45) is 3.50. The summed E-state index contributed by atoms with van der Waals surface area (Å²) in [6.45, 7) is 0.298. The Morgan fingerprint density at radius 2 is 2.00 bits per heavy atom. The van der Waals surface area contributed by atoms with Crippen molar-refractivity contribution in [3.63, 3.8) is 0 Å². The quantitative estimate of drug-likeness (QED) is 0.737. The van der Waals surface area contributed by atoms with Gasteiger partial charge in [0.25, 0.3) is 15.9 Å². The highest BCUT2D eigenvalue weighted by Gasteiger charge is 2.32. The van der Waals surface area contributed by atoms with E-state index >= 15 is 0 Å². The second kappa shape index (κ2) is 7.06. The molecule has 0 aliphatic carbocycles. The number of benzene rings is 1. The fourth-order valence-corrected chi connectivity index (χ4v) is 4.23. The molecular formula is C17H21N3O5S. The minimum absolute atomic E-state index is 0.00321. The van der Waals surface area contributed by atoms with Crippen LogP contribution < -0.4 is 4.90 Å². The minimum Gasteiger partial charge on any atom is -0.452 e. The number of hydrogen-bond acceptors (Lipinski definition) is 6. The molecule has 0 N–H and O–H groups in total. The normalized spacial score (nSPS) is 18.1. The Bertz CT molecular complexity index is 876. The molecule has 9 heteroatoms. The van der Waals surface area contributed by atoms with Gasteiger partial charge in [0.1, 0.15) is 10.7 Å². The molecule has 3 rings (SSSR count). The topological polar surface area (TPSA) is 96.3 Å². The van der Waals surface area contributed by atoms with Crippen LogP contribution >= 0.6 is 0 Å². The maximum Gasteiger partial charge on any atom is 0.338 e. The second-order valence-corrected chi connectivity index (χ2v) is 8.06. The SMILES string of the molecule is CN(C)C(=O)COC(=O)c1ccc2c(c1)S(=O)(=O)N=C1CCCCCN12. The number of fused-ring (bicyclic) bond motifs is 3. The van der Waals surface area contributed by atoms with Crippen LogP contribution in [0.5, 0.6) is 0 Å². The van der Waals surface area contributed by atoms with Crippen molar-refractivity contribution in [1.29, 1.82) is 0 Å². The lowest BCUT2D eigenvalue weighted by Gasteiger charge is -2.29. The van der Waals surface area contributed by atoms with Crippen molar-refractivity contribution in [2.75, 3.05) is 32.1 Å². The summed E-state index contributed by atoms with van der Waals surface area (Å²) in [5.41, 5.74) is 0.616. The van der Waals surface area contributed by atoms with E-state index in [1.165, 1.54) is 17.0 Å². The largest absolute Gasteiger partial charge is 0.452 e. The summed E-state index contributed by atoms with van der Waals surface area (Å²) in [5.74, 6) is -0.548. The van der Waals surface area contributed by atoms with E-state index < -0.39 is 22.6 Å². The fraction of sp³-hybridized carbons (Fsp3) is 0.471. The van der Waals surface area contributed by atoms with Gasteiger partial charge in [-0.25, -0.2) is 4.79 Å². The molecule has 0 atom stereocenters. The van der Waals surface area contributed by atoms with Crippen LogP contribution in [0.4, 0.5) is 5.69 Å². The standard InChI is InChI=1S/C17H21N3O5S/c1-19(2)16(21)11-25-17(22)12-7-8-13-14(10-12)26(23,24)18-15-6-4-3-5-9-20(13)15/h7-8,10H,3-6,9,11H2,1-2H3. The summed E-state index contributed by atoms with van der Waals surface area (Å²) >= 11 is 0. The van der Waals surface area contributed by atoms with Gasteiger partial charge in [0.2, 0.25) is 0 Å². The molecule has 1 aromatic rings. The summed E-state index contributed by atoms with van der Waals surface area (Å²) in [6, 6.07) is 4.40. The van der Waals surface area contributed by atoms with Gasteiger partial charge < -0.3 is 14.5 Å². The molecule has 1 saturated heterocycles. The summed E-state index contributed by atoms with van der Waals surface area (Å²) < 4.78 is 34.0. The van der Waals surface area contributed by atoms with Crippen LogP contribution in [0, 0.1) is 0 Å². The number of rotatable bonds is 3. The van der Waals surface area contributed by atoms with Gasteiger partial charge in [0.05, 0.1) is 11.3 Å². The van der Waals surface area contributed by atoms with Gasteiger partial charge in [-0.15, -0.1) is 4.40 Å². The molecule has 2 aliphatic rings. The van der Waals surface area contributed by atoms with Gasteiger partial charge in [-0.05, 0) is 31.0 Å². The van der Waals surface area contributed by atoms with E-state index in [-0.39, 0.29) is 16.4 Å². The molecule has 140 valence electrons. The third kappa shape index (κ3) is 3.57. The van der Waals surface area contributed by atoms with Crippen molar-refractivity contribution in [2.45, 2.75) is 30.6 Å². The van der Waals surface area contributed by atoms with Gasteiger partial charge in [-0.1, -0.05) is 6.42 Å². The molecule has 26 heavy (non-hydrogen) atoms. The average Bonchev–Trinajstić information content (AvgIpc) is 2.83. The zero-order valence-electron chi connectivity index (χ0n) is 14.8. The Hall–Kier alpha value is -2.42. The van der Waals surface area contributed by atoms with E-state index in [0.717, 1.165) is 19.3 Å². The summed E-state index contributed by atoms with van der Waals surface area (Å²) in [7, 11) is -0.758. The molecule has 0 unspecified atom stereocenters. The van der Waals surface area contributed by atoms with Crippen molar-refractivity contribution < 1.29 is 22.7 Å². The number of esters is 1. The molecule has 2 heterocycles. The Labute approximate surface area is 152 Å². The van der Waals surface area contributed by atoms with E-state index in [1.807, 2.05) is 4.90 Å². The van der Waals surface area contributed by atoms with Crippen LogP contribution in [0.3, 0.4) is 0 Å². The van der Waals surface area contributed by atoms with Gasteiger partial charge >= 0.3 is 5.97 Å². The van der Waals surface area contributed by atoms with Crippen LogP contribution in [-0.2, 0) is 19.6 Å². The van der Waals surface area contributed by atoms with E-state index in [9.17, 15) is 18.0 Å². The second-order valence-electron chi connectivity index (χ2n) is 6.49. The predicted molar refractivity (Wildman–Crippen MR) is 95.9 cm³/mol. The van der Waals surface area contributed by atoms with Crippen molar-refractivity contribution >= 4 is 33.4 Å². The maximum atomic E-state index is 12.5. The molecule has 1 fully saturated rings. The highest BCUT2D eigenvalue weighted by Crippen LogP contribution is 2.35. The first-order chi connectivity index (χ1) is 12.3. The fourth-order valence-electron chi connectivity index (χ4n) is 2.95. The Balaban J connectivity index is 1.89. The molecule has 2 aliphatic heterocycles. The van der Waals surface area contributed by atoms with Crippen LogP contribution in [0.2, 0.25) is 0 Å². The average molecular weight is 379 g/mol. The number of carbonyl (C=O) groups is 2. The molecule has 0 radical (unpaired) electrons. The van der Waals surface area contributed by atoms with Crippen molar-refractivity contribution in [3.8, 4) is 0 Å². The van der Waals surface area contributed by atoms with E-state index in [0.29, 0.717) is 24.5 Å². The number of anilines is 1. The van der Waals surface area contributed by atoms with Crippen molar-refractivity contribution in [1.82, 2.24) is 4.90 Å². The monoisotopic (exact) mass is 379 g/mol. The van der Waals surface area contributed by atoms with Crippen LogP contribution in [0.25, 0.3) is 0 Å². The number of amidine groups is 1. The third-order valence-electron chi connectivity index (χ3n) is 4.41. The van der Waals surface area contributed by atoms with E-state index in [2.05, 4.69) is 4.40 Å². The maximum absolute atomic E-state index is 12.5. The summed E-state index contributed by atoms with van der Waals surface area (Å²) in [4.78, 5) is 26.9. The third-order valence-corrected chi connectivity index (χ3v) is 5.74. The van der Waals surface area contributed by atoms with Gasteiger partial charge in [-0.3, -0.25) is 4.79 Å². The number of ether oxygens (including phenoxy) is 1. The van der Waals surface area contributed by atoms with Crippen molar-refractivity contribution in [2.24, 2.45) is 4.40 Å². The minimum atomic E-state index is -3.87. The molecular weight excluding hydrogens is 358 g/mol. The van der Waals surface area contributed by atoms with Gasteiger partial charge in [0, 0.05) is 27.1 Å². The number of likely N-dealkylation sites (N-methyl/N-ethyl adjacent to an activating group) is 1. The zero-order valence-corrected chi connectivity index (χ0v) is 15.6. The first-order valence-corrected chi connectivity index (χ1v) is 9.86. The molecule has 0 saturated carbocycles. The van der Waals surface area contributed by atoms with E-state index in [4.69, 9.17) is 4.74 Å². The molecule has 8 nitrogen and oxygen atoms in total. The lowest BCUT2D eigenvalue weighted by atomic mass is 10.2. The number of hydrogen-bond donors (Lipinski definition) is 0. The van der Waals surface area contributed by atoms with Gasteiger partial charge in [-0.2, -0.15) is 8.42 Å². The lowest BCUT2D eigenvalue weighted by Crippen LogP contribution is -2.35. The first-order valence-electron chi connectivity index (χ1n) is 8.42. The number of sulfonamides is 1. The molecule has 1 amide bonds. The van der Waals surface area contributed by atoms with Crippen LogP contribution in [-0.4, -0.2) is 58.3 Å². The van der Waals surface area contributed by atoms with Gasteiger partial charge in [0.15, 0.2) is 6.61 Å². The molecule has 0 bridgehead atoms. The highest BCUT2D eigenvalue weighted by molar-refractivity contribution is 7.90. The summed E-state index contributed by atoms with van der Waals surface area (Å²) in [5, 5.41) is 0. The number of nitrogens with zero attached hydrogens (tertiary/aromatic N) is 3. The molecule has 1 aromatic carbocycles. The predicted octanol–water partition coefficient (Wildman–Crippen LogP) is 1.41. The smallest absolute Gasteiger partial charge is 0.338 e. The molecule has 0 aromatic heterocycles. The highest BCUT2D eigenvalue weighted by atomic mass is 32.2. The van der Waals surface area contributed by atoms with Crippen molar-refractivity contribution in [3.05, 3.63) is 23.8 Å².